The fraction of sp³-hybridized carbons (Fsp3) is 0.375. The van der Waals surface area contributed by atoms with E-state index in [1.165, 1.54) is 0 Å². The standard InChI is InChI=1S/C16H22N4OS.ClH/c1-11-9-12(2)20(19-11)14-6-4-5-13(10-14)18-16(21)15(17)7-8-22-3;/h4-6,9-10,15H,7-8,17H2,1-3H3,(H,18,21);1H/t15-;/m0./s1. The predicted octanol–water partition coefficient (Wildman–Crippen LogP) is 2.93. The molecule has 0 aliphatic heterocycles. The molecule has 1 atom stereocenters. The Labute approximate surface area is 147 Å². The maximum Gasteiger partial charge on any atom is 0.241 e. The van der Waals surface area contributed by atoms with Crippen LogP contribution in [0.4, 0.5) is 5.69 Å². The number of amides is 1. The molecule has 3 N–H and O–H groups in total. The van der Waals surface area contributed by atoms with Crippen LogP contribution < -0.4 is 11.1 Å². The van der Waals surface area contributed by atoms with Gasteiger partial charge in [-0.2, -0.15) is 16.9 Å². The zero-order valence-electron chi connectivity index (χ0n) is 13.6. The number of benzene rings is 1. The highest BCUT2D eigenvalue weighted by atomic mass is 35.5. The molecular formula is C16H23ClN4OS. The fourth-order valence-corrected chi connectivity index (χ4v) is 2.71. The number of carbonyl (C=O) groups excluding carboxylic acids is 1. The lowest BCUT2D eigenvalue weighted by Crippen LogP contribution is -2.36. The molecule has 0 bridgehead atoms. The number of thioether (sulfide) groups is 1. The van der Waals surface area contributed by atoms with Gasteiger partial charge in [0.15, 0.2) is 0 Å². The molecule has 0 saturated carbocycles. The maximum atomic E-state index is 12.1. The van der Waals surface area contributed by atoms with E-state index in [1.807, 2.05) is 55.1 Å². The molecule has 2 aromatic rings. The van der Waals surface area contributed by atoms with Crippen molar-refractivity contribution in [3.63, 3.8) is 0 Å². The molecule has 5 nitrogen and oxygen atoms in total. The normalized spacial score (nSPS) is 11.7. The Morgan fingerprint density at radius 3 is 2.74 bits per heavy atom. The summed E-state index contributed by atoms with van der Waals surface area (Å²) in [6.45, 7) is 3.96. The maximum absolute atomic E-state index is 12.1. The highest BCUT2D eigenvalue weighted by Gasteiger charge is 2.13. The Bertz CT molecular complexity index is 659. The predicted molar refractivity (Wildman–Crippen MR) is 99.9 cm³/mol. The van der Waals surface area contributed by atoms with Crippen molar-refractivity contribution < 1.29 is 4.79 Å². The van der Waals surface area contributed by atoms with E-state index in [4.69, 9.17) is 5.73 Å². The largest absolute Gasteiger partial charge is 0.325 e. The van der Waals surface area contributed by atoms with Gasteiger partial charge in [-0.1, -0.05) is 6.07 Å². The molecule has 1 amide bonds. The number of carbonyl (C=O) groups is 1. The molecule has 126 valence electrons. The van der Waals surface area contributed by atoms with Gasteiger partial charge < -0.3 is 11.1 Å². The van der Waals surface area contributed by atoms with Gasteiger partial charge in [0, 0.05) is 11.4 Å². The highest BCUT2D eigenvalue weighted by molar-refractivity contribution is 7.98. The van der Waals surface area contributed by atoms with E-state index in [0.717, 1.165) is 28.5 Å². The van der Waals surface area contributed by atoms with Gasteiger partial charge in [0.25, 0.3) is 0 Å². The average Bonchev–Trinajstić information content (AvgIpc) is 2.83. The molecule has 2 rings (SSSR count). The Kier molecular flexibility index (Phi) is 7.61. The van der Waals surface area contributed by atoms with Crippen molar-refractivity contribution in [2.24, 2.45) is 5.73 Å². The van der Waals surface area contributed by atoms with Gasteiger partial charge in [0.2, 0.25) is 5.91 Å². The first-order valence-corrected chi connectivity index (χ1v) is 8.59. The van der Waals surface area contributed by atoms with E-state index >= 15 is 0 Å². The Balaban J connectivity index is 0.00000264. The highest BCUT2D eigenvalue weighted by Crippen LogP contribution is 2.17. The molecular weight excluding hydrogens is 332 g/mol. The van der Waals surface area contributed by atoms with Crippen LogP contribution in [0.2, 0.25) is 0 Å². The van der Waals surface area contributed by atoms with Crippen LogP contribution in [0, 0.1) is 13.8 Å². The molecule has 1 heterocycles. The molecule has 0 radical (unpaired) electrons. The van der Waals surface area contributed by atoms with Crippen LogP contribution >= 0.6 is 24.2 Å². The van der Waals surface area contributed by atoms with E-state index in [2.05, 4.69) is 10.4 Å². The van der Waals surface area contributed by atoms with E-state index in [-0.39, 0.29) is 18.3 Å². The number of hydrogen-bond donors (Lipinski definition) is 2. The second-order valence-electron chi connectivity index (χ2n) is 5.27. The lowest BCUT2D eigenvalue weighted by atomic mass is 10.2. The zero-order chi connectivity index (χ0) is 16.1. The topological polar surface area (TPSA) is 72.9 Å². The summed E-state index contributed by atoms with van der Waals surface area (Å²) in [7, 11) is 0. The molecule has 23 heavy (non-hydrogen) atoms. The van der Waals surface area contributed by atoms with Crippen LogP contribution in [0.1, 0.15) is 17.8 Å². The van der Waals surface area contributed by atoms with E-state index in [9.17, 15) is 4.79 Å². The van der Waals surface area contributed by atoms with E-state index < -0.39 is 6.04 Å². The first-order chi connectivity index (χ1) is 10.5. The van der Waals surface area contributed by atoms with Gasteiger partial charge in [0.1, 0.15) is 0 Å². The number of rotatable bonds is 6. The number of hydrogen-bond acceptors (Lipinski definition) is 4. The van der Waals surface area contributed by atoms with Crippen molar-refractivity contribution in [1.29, 1.82) is 0 Å². The molecule has 0 fully saturated rings. The van der Waals surface area contributed by atoms with Gasteiger partial charge >= 0.3 is 0 Å². The number of nitrogens with two attached hydrogens (primary N) is 1. The number of anilines is 1. The summed E-state index contributed by atoms with van der Waals surface area (Å²) in [6, 6.07) is 9.15. The molecule has 0 aliphatic carbocycles. The number of halogens is 1. The van der Waals surface area contributed by atoms with Gasteiger partial charge in [-0.05, 0) is 56.5 Å². The van der Waals surface area contributed by atoms with Crippen molar-refractivity contribution >= 4 is 35.8 Å². The van der Waals surface area contributed by atoms with Gasteiger partial charge in [-0.25, -0.2) is 4.68 Å². The van der Waals surface area contributed by atoms with Crippen LogP contribution in [0.25, 0.3) is 5.69 Å². The van der Waals surface area contributed by atoms with Gasteiger partial charge in [-0.15, -0.1) is 12.4 Å². The number of aromatic nitrogens is 2. The SMILES string of the molecule is CSCC[C@H](N)C(=O)Nc1cccc(-n2nc(C)cc2C)c1.Cl. The lowest BCUT2D eigenvalue weighted by molar-refractivity contribution is -0.117. The van der Waals surface area contributed by atoms with E-state index in [1.54, 1.807) is 11.8 Å². The Hall–Kier alpha value is -1.50. The third-order valence-corrected chi connectivity index (χ3v) is 3.98. The summed E-state index contributed by atoms with van der Waals surface area (Å²) in [5.41, 5.74) is 9.55. The Morgan fingerprint density at radius 1 is 1.39 bits per heavy atom. The number of nitrogens with zero attached hydrogens (tertiary/aromatic N) is 2. The number of nitrogens with one attached hydrogen (secondary N) is 1. The summed E-state index contributed by atoms with van der Waals surface area (Å²) in [5.74, 6) is 0.722. The first kappa shape index (κ1) is 19.5. The molecule has 0 unspecified atom stereocenters. The van der Waals surface area contributed by atoms with Crippen molar-refractivity contribution in [2.75, 3.05) is 17.3 Å². The van der Waals surface area contributed by atoms with Crippen molar-refractivity contribution in [3.8, 4) is 5.69 Å². The van der Waals surface area contributed by atoms with Crippen LogP contribution in [-0.4, -0.2) is 33.7 Å². The molecule has 1 aromatic carbocycles. The zero-order valence-corrected chi connectivity index (χ0v) is 15.2. The summed E-state index contributed by atoms with van der Waals surface area (Å²) < 4.78 is 1.86. The molecule has 0 aliphatic rings. The minimum Gasteiger partial charge on any atom is -0.325 e. The van der Waals surface area contributed by atoms with Crippen LogP contribution in [-0.2, 0) is 4.79 Å². The van der Waals surface area contributed by atoms with E-state index in [0.29, 0.717) is 6.42 Å². The van der Waals surface area contributed by atoms with Crippen LogP contribution in [0.3, 0.4) is 0 Å². The molecule has 0 spiro atoms. The minimum atomic E-state index is -0.482. The lowest BCUT2D eigenvalue weighted by Gasteiger charge is -2.13. The monoisotopic (exact) mass is 354 g/mol. The summed E-state index contributed by atoms with van der Waals surface area (Å²) >= 11 is 1.69. The first-order valence-electron chi connectivity index (χ1n) is 7.20. The average molecular weight is 355 g/mol. The van der Waals surface area contributed by atoms with Gasteiger partial charge in [0.05, 0.1) is 17.4 Å². The molecule has 0 saturated heterocycles. The molecule has 1 aromatic heterocycles. The molecule has 7 heteroatoms. The van der Waals surface area contributed by atoms with Gasteiger partial charge in [-0.3, -0.25) is 4.79 Å². The van der Waals surface area contributed by atoms with Crippen molar-refractivity contribution in [3.05, 3.63) is 41.7 Å². The second-order valence-corrected chi connectivity index (χ2v) is 6.25. The minimum absolute atomic E-state index is 0. The van der Waals surface area contributed by atoms with Crippen molar-refractivity contribution in [2.45, 2.75) is 26.3 Å². The number of aryl methyl sites for hydroxylation is 2. The van der Waals surface area contributed by atoms with Crippen molar-refractivity contribution in [1.82, 2.24) is 9.78 Å². The second kappa shape index (κ2) is 8.96. The summed E-state index contributed by atoms with van der Waals surface area (Å²) in [4.78, 5) is 12.1. The van der Waals surface area contributed by atoms with Crippen LogP contribution in [0.15, 0.2) is 30.3 Å². The third kappa shape index (κ3) is 5.27. The third-order valence-electron chi connectivity index (χ3n) is 3.34. The quantitative estimate of drug-likeness (QED) is 0.836. The Morgan fingerprint density at radius 2 is 2.13 bits per heavy atom. The summed E-state index contributed by atoms with van der Waals surface area (Å²) in [5, 5.41) is 7.33. The fourth-order valence-electron chi connectivity index (χ4n) is 2.22. The summed E-state index contributed by atoms with van der Waals surface area (Å²) in [6.07, 6.45) is 2.67. The van der Waals surface area contributed by atoms with Crippen LogP contribution in [0.5, 0.6) is 0 Å². The smallest absolute Gasteiger partial charge is 0.241 e.